The largest absolute Gasteiger partial charge is 0.382 e. The van der Waals surface area contributed by atoms with Crippen LogP contribution >= 0.6 is 15.9 Å². The van der Waals surface area contributed by atoms with Crippen molar-refractivity contribution in [3.8, 4) is 0 Å². The highest BCUT2D eigenvalue weighted by molar-refractivity contribution is 9.10. The lowest BCUT2D eigenvalue weighted by molar-refractivity contribution is 0.0581. The van der Waals surface area contributed by atoms with Gasteiger partial charge in [0.25, 0.3) is 0 Å². The molecule has 0 radical (unpaired) electrons. The molecule has 0 aliphatic rings. The quantitative estimate of drug-likeness (QED) is 0.458. The summed E-state index contributed by atoms with van der Waals surface area (Å²) in [6.07, 6.45) is 0. The molecule has 0 bridgehead atoms. The van der Waals surface area contributed by atoms with Gasteiger partial charge in [0.1, 0.15) is 5.82 Å². The molecule has 0 fully saturated rings. The molecular formula is C11H16BrFN2O2. The molecule has 1 aromatic carbocycles. The van der Waals surface area contributed by atoms with Crippen molar-refractivity contribution in [1.29, 1.82) is 0 Å². The Labute approximate surface area is 108 Å². The van der Waals surface area contributed by atoms with Crippen molar-refractivity contribution in [2.45, 2.75) is 6.04 Å². The summed E-state index contributed by atoms with van der Waals surface area (Å²) >= 11 is 3.29. The summed E-state index contributed by atoms with van der Waals surface area (Å²) in [5.74, 6) is 5.08. The second-order valence-corrected chi connectivity index (χ2v) is 4.37. The standard InChI is InChI=1S/C11H16BrFN2O2/c1-16-4-5-17-7-11(15-14)9-6-8(12)2-3-10(9)13/h2-3,6,11,15H,4-5,7,14H2,1H3. The van der Waals surface area contributed by atoms with E-state index in [0.29, 0.717) is 18.8 Å². The van der Waals surface area contributed by atoms with Crippen molar-refractivity contribution in [1.82, 2.24) is 5.43 Å². The first-order valence-corrected chi connectivity index (χ1v) is 5.96. The molecule has 1 atom stereocenters. The lowest BCUT2D eigenvalue weighted by Gasteiger charge is -2.17. The molecule has 0 spiro atoms. The Morgan fingerprint density at radius 2 is 2.24 bits per heavy atom. The van der Waals surface area contributed by atoms with Crippen LogP contribution in [0, 0.1) is 5.82 Å². The zero-order chi connectivity index (χ0) is 12.7. The van der Waals surface area contributed by atoms with Gasteiger partial charge >= 0.3 is 0 Å². The molecule has 4 nitrogen and oxygen atoms in total. The smallest absolute Gasteiger partial charge is 0.128 e. The predicted molar refractivity (Wildman–Crippen MR) is 66.9 cm³/mol. The van der Waals surface area contributed by atoms with Gasteiger partial charge in [-0.15, -0.1) is 0 Å². The van der Waals surface area contributed by atoms with Gasteiger partial charge in [-0.25, -0.2) is 4.39 Å². The maximum Gasteiger partial charge on any atom is 0.128 e. The topological polar surface area (TPSA) is 56.5 Å². The van der Waals surface area contributed by atoms with Gasteiger partial charge in [0.15, 0.2) is 0 Å². The number of nitrogens with one attached hydrogen (secondary N) is 1. The van der Waals surface area contributed by atoms with E-state index in [1.54, 1.807) is 19.2 Å². The summed E-state index contributed by atoms with van der Waals surface area (Å²) in [4.78, 5) is 0. The van der Waals surface area contributed by atoms with Crippen molar-refractivity contribution >= 4 is 15.9 Å². The van der Waals surface area contributed by atoms with Crippen molar-refractivity contribution < 1.29 is 13.9 Å². The van der Waals surface area contributed by atoms with Gasteiger partial charge in [-0.1, -0.05) is 15.9 Å². The minimum Gasteiger partial charge on any atom is -0.382 e. The SMILES string of the molecule is COCCOCC(NN)c1cc(Br)ccc1F. The van der Waals surface area contributed by atoms with Crippen molar-refractivity contribution in [3.05, 3.63) is 34.1 Å². The number of hydrogen-bond donors (Lipinski definition) is 2. The van der Waals surface area contributed by atoms with E-state index in [9.17, 15) is 4.39 Å². The summed E-state index contributed by atoms with van der Waals surface area (Å²) < 4.78 is 24.6. The van der Waals surface area contributed by atoms with Crippen LogP contribution in [0.4, 0.5) is 4.39 Å². The van der Waals surface area contributed by atoms with Crippen LogP contribution in [0.3, 0.4) is 0 Å². The molecule has 1 aromatic rings. The average Bonchev–Trinajstić information content (AvgIpc) is 2.33. The van der Waals surface area contributed by atoms with Crippen LogP contribution in [0.25, 0.3) is 0 Å². The molecule has 17 heavy (non-hydrogen) atoms. The summed E-state index contributed by atoms with van der Waals surface area (Å²) in [7, 11) is 1.59. The Hall–Kier alpha value is -0.530. The van der Waals surface area contributed by atoms with Gasteiger partial charge in [-0.2, -0.15) is 0 Å². The molecule has 6 heteroatoms. The van der Waals surface area contributed by atoms with Crippen LogP contribution in [0.2, 0.25) is 0 Å². The van der Waals surface area contributed by atoms with Crippen LogP contribution in [0.5, 0.6) is 0 Å². The fraction of sp³-hybridized carbons (Fsp3) is 0.455. The third-order valence-electron chi connectivity index (χ3n) is 2.25. The molecule has 0 aromatic heterocycles. The van der Waals surface area contributed by atoms with Gasteiger partial charge in [-0.3, -0.25) is 11.3 Å². The van der Waals surface area contributed by atoms with Crippen LogP contribution in [0.15, 0.2) is 22.7 Å². The minimum atomic E-state index is -0.385. The zero-order valence-electron chi connectivity index (χ0n) is 9.58. The molecule has 0 amide bonds. The number of rotatable bonds is 7. The van der Waals surface area contributed by atoms with Gasteiger partial charge in [0.2, 0.25) is 0 Å². The summed E-state index contributed by atoms with van der Waals surface area (Å²) in [6.45, 7) is 1.23. The third-order valence-corrected chi connectivity index (χ3v) is 2.74. The van der Waals surface area contributed by atoms with Crippen molar-refractivity contribution in [3.63, 3.8) is 0 Å². The van der Waals surface area contributed by atoms with Crippen LogP contribution < -0.4 is 11.3 Å². The molecule has 0 aliphatic carbocycles. The molecule has 96 valence electrons. The lowest BCUT2D eigenvalue weighted by atomic mass is 10.1. The van der Waals surface area contributed by atoms with Gasteiger partial charge < -0.3 is 9.47 Å². The van der Waals surface area contributed by atoms with E-state index in [0.717, 1.165) is 4.47 Å². The van der Waals surface area contributed by atoms with E-state index in [1.165, 1.54) is 6.07 Å². The number of methoxy groups -OCH3 is 1. The minimum absolute atomic E-state index is 0.285. The van der Waals surface area contributed by atoms with Crippen LogP contribution in [-0.2, 0) is 9.47 Å². The number of ether oxygens (including phenoxy) is 2. The second-order valence-electron chi connectivity index (χ2n) is 3.45. The molecule has 0 saturated heterocycles. The molecule has 0 aliphatic heterocycles. The van der Waals surface area contributed by atoms with Gasteiger partial charge in [0, 0.05) is 17.1 Å². The summed E-state index contributed by atoms with van der Waals surface area (Å²) in [6, 6.07) is 4.32. The fourth-order valence-corrected chi connectivity index (χ4v) is 1.73. The Morgan fingerprint density at radius 1 is 1.47 bits per heavy atom. The molecular weight excluding hydrogens is 291 g/mol. The number of hydrogen-bond acceptors (Lipinski definition) is 4. The second kappa shape index (κ2) is 7.73. The Bertz CT molecular complexity index is 352. The Morgan fingerprint density at radius 3 is 2.88 bits per heavy atom. The Balaban J connectivity index is 2.62. The number of hydrazine groups is 1. The molecule has 0 saturated carbocycles. The lowest BCUT2D eigenvalue weighted by Crippen LogP contribution is -2.32. The maximum atomic E-state index is 13.6. The molecule has 1 rings (SSSR count). The van der Waals surface area contributed by atoms with Crippen molar-refractivity contribution in [2.75, 3.05) is 26.9 Å². The average molecular weight is 307 g/mol. The third kappa shape index (κ3) is 4.69. The fourth-order valence-electron chi connectivity index (χ4n) is 1.35. The highest BCUT2D eigenvalue weighted by atomic mass is 79.9. The van der Waals surface area contributed by atoms with Crippen LogP contribution in [-0.4, -0.2) is 26.9 Å². The summed E-state index contributed by atoms with van der Waals surface area (Å²) in [5.41, 5.74) is 3.01. The first kappa shape index (κ1) is 14.5. The first-order valence-electron chi connectivity index (χ1n) is 5.16. The summed E-state index contributed by atoms with van der Waals surface area (Å²) in [5, 5.41) is 0. The molecule has 3 N–H and O–H groups in total. The Kier molecular flexibility index (Phi) is 6.61. The van der Waals surface area contributed by atoms with E-state index in [4.69, 9.17) is 15.3 Å². The van der Waals surface area contributed by atoms with E-state index in [1.807, 2.05) is 0 Å². The number of halogens is 2. The van der Waals surface area contributed by atoms with Crippen LogP contribution in [0.1, 0.15) is 11.6 Å². The van der Waals surface area contributed by atoms with E-state index in [2.05, 4.69) is 21.4 Å². The monoisotopic (exact) mass is 306 g/mol. The number of nitrogens with two attached hydrogens (primary N) is 1. The van der Waals surface area contributed by atoms with Gasteiger partial charge in [0.05, 0.1) is 25.9 Å². The molecule has 1 unspecified atom stereocenters. The van der Waals surface area contributed by atoms with E-state index in [-0.39, 0.29) is 18.5 Å². The van der Waals surface area contributed by atoms with Crippen molar-refractivity contribution in [2.24, 2.45) is 5.84 Å². The highest BCUT2D eigenvalue weighted by Crippen LogP contribution is 2.21. The van der Waals surface area contributed by atoms with E-state index >= 15 is 0 Å². The van der Waals surface area contributed by atoms with E-state index < -0.39 is 0 Å². The molecule has 0 heterocycles. The normalized spacial score (nSPS) is 12.7. The maximum absolute atomic E-state index is 13.6. The first-order chi connectivity index (χ1) is 8.19. The highest BCUT2D eigenvalue weighted by Gasteiger charge is 2.14. The van der Waals surface area contributed by atoms with Gasteiger partial charge in [-0.05, 0) is 18.2 Å². The number of benzene rings is 1. The predicted octanol–water partition coefficient (Wildman–Crippen LogP) is 1.76. The zero-order valence-corrected chi connectivity index (χ0v) is 11.2.